The highest BCUT2D eigenvalue weighted by Gasteiger charge is 2.34. The van der Waals surface area contributed by atoms with Gasteiger partial charge < -0.3 is 5.32 Å². The van der Waals surface area contributed by atoms with Crippen LogP contribution in [0.1, 0.15) is 12.8 Å². The van der Waals surface area contributed by atoms with Crippen LogP contribution in [0.5, 0.6) is 0 Å². The van der Waals surface area contributed by atoms with Crippen molar-refractivity contribution in [3.05, 3.63) is 30.3 Å². The van der Waals surface area contributed by atoms with Gasteiger partial charge in [0.1, 0.15) is 6.17 Å². The van der Waals surface area contributed by atoms with E-state index >= 15 is 0 Å². The molecule has 1 amide bonds. The molecule has 0 atom stereocenters. The third-order valence-corrected chi connectivity index (χ3v) is 2.49. The predicted octanol–water partition coefficient (Wildman–Crippen LogP) is 2.37. The summed E-state index contributed by atoms with van der Waals surface area (Å²) in [6, 6.07) is 9.24. The molecule has 1 aromatic rings. The summed E-state index contributed by atoms with van der Waals surface area (Å²) in [6.45, 7) is 0. The molecular weight excluding hydrogens is 181 g/mol. The Hall–Kier alpha value is -1.38. The highest BCUT2D eigenvalue weighted by Crippen LogP contribution is 2.30. The van der Waals surface area contributed by atoms with E-state index in [1.807, 2.05) is 30.3 Å². The van der Waals surface area contributed by atoms with E-state index < -0.39 is 6.17 Å². The second-order valence-electron chi connectivity index (χ2n) is 3.62. The van der Waals surface area contributed by atoms with Crippen molar-refractivity contribution in [2.75, 3.05) is 5.32 Å². The minimum absolute atomic E-state index is 0.0647. The van der Waals surface area contributed by atoms with Crippen molar-refractivity contribution in [1.82, 2.24) is 0 Å². The van der Waals surface area contributed by atoms with Gasteiger partial charge in [-0.25, -0.2) is 4.39 Å². The number of para-hydroxylation sites is 1. The second-order valence-corrected chi connectivity index (χ2v) is 3.62. The molecule has 1 saturated carbocycles. The van der Waals surface area contributed by atoms with Crippen LogP contribution in [0.25, 0.3) is 0 Å². The lowest BCUT2D eigenvalue weighted by Crippen LogP contribution is -2.35. The molecule has 74 valence electrons. The zero-order chi connectivity index (χ0) is 9.97. The van der Waals surface area contributed by atoms with Gasteiger partial charge >= 0.3 is 0 Å². The summed E-state index contributed by atoms with van der Waals surface area (Å²) in [7, 11) is 0. The molecule has 0 saturated heterocycles. The van der Waals surface area contributed by atoms with Crippen molar-refractivity contribution in [2.24, 2.45) is 5.92 Å². The fourth-order valence-corrected chi connectivity index (χ4v) is 1.53. The van der Waals surface area contributed by atoms with Crippen LogP contribution < -0.4 is 5.32 Å². The quantitative estimate of drug-likeness (QED) is 0.767. The number of benzene rings is 1. The molecular formula is C11H12FNO. The lowest BCUT2D eigenvalue weighted by Gasteiger charge is -2.28. The number of amides is 1. The average molecular weight is 193 g/mol. The summed E-state index contributed by atoms with van der Waals surface area (Å²) in [4.78, 5) is 11.5. The largest absolute Gasteiger partial charge is 0.326 e. The molecule has 3 heteroatoms. The van der Waals surface area contributed by atoms with Crippen LogP contribution in [0.4, 0.5) is 10.1 Å². The highest BCUT2D eigenvalue weighted by atomic mass is 19.1. The van der Waals surface area contributed by atoms with Crippen LogP contribution in [0.2, 0.25) is 0 Å². The standard InChI is InChI=1S/C11H12FNO/c12-9-6-8(7-9)11(14)13-10-4-2-1-3-5-10/h1-5,8-9H,6-7H2,(H,13,14). The molecule has 0 bridgehead atoms. The first kappa shape index (κ1) is 9.19. The molecule has 0 unspecified atom stereocenters. The summed E-state index contributed by atoms with van der Waals surface area (Å²) in [5, 5.41) is 2.76. The number of hydrogen-bond donors (Lipinski definition) is 1. The summed E-state index contributed by atoms with van der Waals surface area (Å²) in [6.07, 6.45) is -0.0290. The predicted molar refractivity (Wildman–Crippen MR) is 52.7 cm³/mol. The molecule has 1 fully saturated rings. The maximum absolute atomic E-state index is 12.5. The lowest BCUT2D eigenvalue weighted by molar-refractivity contribution is -0.124. The highest BCUT2D eigenvalue weighted by molar-refractivity contribution is 5.93. The number of alkyl halides is 1. The minimum Gasteiger partial charge on any atom is -0.326 e. The van der Waals surface area contributed by atoms with Crippen molar-refractivity contribution in [3.8, 4) is 0 Å². The number of hydrogen-bond acceptors (Lipinski definition) is 1. The Morgan fingerprint density at radius 3 is 2.50 bits per heavy atom. The molecule has 1 aliphatic carbocycles. The van der Waals surface area contributed by atoms with E-state index in [0.29, 0.717) is 12.8 Å². The molecule has 0 heterocycles. The van der Waals surface area contributed by atoms with Gasteiger partial charge in [0.15, 0.2) is 0 Å². The number of rotatable bonds is 2. The molecule has 2 rings (SSSR count). The number of carbonyl (C=O) groups is 1. The Morgan fingerprint density at radius 1 is 1.29 bits per heavy atom. The number of anilines is 1. The normalized spacial score (nSPS) is 25.2. The fourth-order valence-electron chi connectivity index (χ4n) is 1.53. The monoisotopic (exact) mass is 193 g/mol. The van der Waals surface area contributed by atoms with E-state index in [9.17, 15) is 9.18 Å². The van der Waals surface area contributed by atoms with E-state index in [0.717, 1.165) is 5.69 Å². The lowest BCUT2D eigenvalue weighted by atomic mass is 9.83. The van der Waals surface area contributed by atoms with Crippen molar-refractivity contribution in [3.63, 3.8) is 0 Å². The Kier molecular flexibility index (Phi) is 2.48. The SMILES string of the molecule is O=C(Nc1ccccc1)C1CC(F)C1. The van der Waals surface area contributed by atoms with Crippen molar-refractivity contribution < 1.29 is 9.18 Å². The number of carbonyl (C=O) groups excluding carboxylic acids is 1. The second kappa shape index (κ2) is 3.78. The van der Waals surface area contributed by atoms with Gasteiger partial charge in [-0.1, -0.05) is 18.2 Å². The van der Waals surface area contributed by atoms with Crippen LogP contribution in [-0.2, 0) is 4.79 Å². The molecule has 1 aromatic carbocycles. The van der Waals surface area contributed by atoms with Crippen LogP contribution >= 0.6 is 0 Å². The van der Waals surface area contributed by atoms with E-state index in [1.54, 1.807) is 0 Å². The van der Waals surface area contributed by atoms with Gasteiger partial charge in [0.25, 0.3) is 0 Å². The van der Waals surface area contributed by atoms with Crippen molar-refractivity contribution >= 4 is 11.6 Å². The Labute approximate surface area is 82.1 Å². The molecule has 1 aliphatic rings. The maximum atomic E-state index is 12.5. The van der Waals surface area contributed by atoms with Gasteiger partial charge in [-0.3, -0.25) is 4.79 Å². The van der Waals surface area contributed by atoms with Gasteiger partial charge in [-0.05, 0) is 25.0 Å². The molecule has 1 N–H and O–H groups in total. The fraction of sp³-hybridized carbons (Fsp3) is 0.364. The molecule has 0 aromatic heterocycles. The van der Waals surface area contributed by atoms with Crippen molar-refractivity contribution in [1.29, 1.82) is 0 Å². The van der Waals surface area contributed by atoms with Gasteiger partial charge in [-0.2, -0.15) is 0 Å². The van der Waals surface area contributed by atoms with Gasteiger partial charge in [0.05, 0.1) is 0 Å². The van der Waals surface area contributed by atoms with Gasteiger partial charge in [0, 0.05) is 11.6 Å². The van der Waals surface area contributed by atoms with Gasteiger partial charge in [-0.15, -0.1) is 0 Å². The zero-order valence-corrected chi connectivity index (χ0v) is 7.74. The smallest absolute Gasteiger partial charge is 0.227 e. The molecule has 0 radical (unpaired) electrons. The average Bonchev–Trinajstić information content (AvgIpc) is 2.14. The third-order valence-electron chi connectivity index (χ3n) is 2.49. The first-order valence-corrected chi connectivity index (χ1v) is 4.75. The summed E-state index contributed by atoms with van der Waals surface area (Å²) in [5.74, 6) is -0.199. The third kappa shape index (κ3) is 1.92. The molecule has 2 nitrogen and oxygen atoms in total. The minimum atomic E-state index is -0.776. The molecule has 0 spiro atoms. The van der Waals surface area contributed by atoms with Crippen molar-refractivity contribution in [2.45, 2.75) is 19.0 Å². The first-order valence-electron chi connectivity index (χ1n) is 4.75. The van der Waals surface area contributed by atoms with E-state index in [1.165, 1.54) is 0 Å². The van der Waals surface area contributed by atoms with E-state index in [4.69, 9.17) is 0 Å². The van der Waals surface area contributed by atoms with Crippen LogP contribution in [-0.4, -0.2) is 12.1 Å². The number of nitrogens with one attached hydrogen (secondary N) is 1. The summed E-state index contributed by atoms with van der Waals surface area (Å²) >= 11 is 0. The van der Waals surface area contributed by atoms with E-state index in [2.05, 4.69) is 5.32 Å². The first-order chi connectivity index (χ1) is 6.75. The zero-order valence-electron chi connectivity index (χ0n) is 7.74. The Balaban J connectivity index is 1.89. The van der Waals surface area contributed by atoms with Crippen LogP contribution in [0, 0.1) is 5.92 Å². The van der Waals surface area contributed by atoms with Gasteiger partial charge in [0.2, 0.25) is 5.91 Å². The maximum Gasteiger partial charge on any atom is 0.227 e. The molecule has 0 aliphatic heterocycles. The number of halogens is 1. The Morgan fingerprint density at radius 2 is 1.93 bits per heavy atom. The van der Waals surface area contributed by atoms with Crippen LogP contribution in [0.3, 0.4) is 0 Å². The molecule has 14 heavy (non-hydrogen) atoms. The Bertz CT molecular complexity index is 319. The van der Waals surface area contributed by atoms with E-state index in [-0.39, 0.29) is 11.8 Å². The topological polar surface area (TPSA) is 29.1 Å². The van der Waals surface area contributed by atoms with Crippen LogP contribution in [0.15, 0.2) is 30.3 Å². The summed E-state index contributed by atoms with van der Waals surface area (Å²) in [5.41, 5.74) is 0.778. The summed E-state index contributed by atoms with van der Waals surface area (Å²) < 4.78 is 12.5.